The molecule has 5 N–H and O–H groups in total. The number of carboxylic acid groups (broad SMARTS) is 1. The molecule has 0 radical (unpaired) electrons. The van der Waals surface area contributed by atoms with E-state index in [0.29, 0.717) is 12.3 Å². The number of hydrogen-bond acceptors (Lipinski definition) is 3. The van der Waals surface area contributed by atoms with Crippen molar-refractivity contribution < 1.29 is 19.0 Å². The van der Waals surface area contributed by atoms with Gasteiger partial charge < -0.3 is 21.3 Å². The maximum Gasteiger partial charge on any atom is 0.290 e. The standard InChI is InChI=1S/C14H16FN3O.CH2O2/c15-5-6-19-13-4-3-11-7-10(9-18-14(16)17)1-2-12(11)8-13;2-1-3/h1-4,7-8H,5-6,9H2,(H4,16,17,18);1H,(H,2,3)/i15-1;. The van der Waals surface area contributed by atoms with Gasteiger partial charge in [0, 0.05) is 0 Å². The molecule has 2 aromatic rings. The summed E-state index contributed by atoms with van der Waals surface area (Å²) < 4.78 is 17.3. The van der Waals surface area contributed by atoms with Crippen molar-refractivity contribution in [2.24, 2.45) is 16.5 Å². The minimum absolute atomic E-state index is 0.0775. The van der Waals surface area contributed by atoms with Gasteiger partial charge in [-0.05, 0) is 34.5 Å². The van der Waals surface area contributed by atoms with Crippen LogP contribution in [0, 0.1) is 0 Å². The number of halogens is 1. The molecule has 0 aromatic heterocycles. The van der Waals surface area contributed by atoms with Crippen LogP contribution in [0.15, 0.2) is 41.4 Å². The molecule has 0 atom stereocenters. The van der Waals surface area contributed by atoms with E-state index in [0.717, 1.165) is 16.3 Å². The molecule has 0 aliphatic rings. The molecule has 7 heteroatoms. The second kappa shape index (κ2) is 9.17. The number of alkyl halides is 1. The fraction of sp³-hybridized carbons (Fsp3) is 0.200. The lowest BCUT2D eigenvalue weighted by Gasteiger charge is -2.06. The molecule has 0 heterocycles. The van der Waals surface area contributed by atoms with Crippen molar-refractivity contribution in [1.82, 2.24) is 0 Å². The highest BCUT2D eigenvalue weighted by atomic mass is 18.2. The van der Waals surface area contributed by atoms with Crippen molar-refractivity contribution in [3.8, 4) is 5.75 Å². The molecule has 118 valence electrons. The zero-order chi connectivity index (χ0) is 16.4. The average Bonchev–Trinajstić information content (AvgIpc) is 2.51. The molecule has 2 rings (SSSR count). The van der Waals surface area contributed by atoms with Gasteiger partial charge in [-0.15, -0.1) is 0 Å². The first-order chi connectivity index (χ1) is 10.6. The summed E-state index contributed by atoms with van der Waals surface area (Å²) in [6, 6.07) is 11.6. The molecule has 0 fully saturated rings. The monoisotopic (exact) mass is 306 g/mol. The number of nitrogens with two attached hydrogens (primary N) is 2. The molecular formula is C15H18FN3O3. The number of nitrogens with zero attached hydrogens (tertiary/aromatic N) is 1. The quantitative estimate of drug-likeness (QED) is 0.442. The van der Waals surface area contributed by atoms with E-state index in [-0.39, 0.29) is 19.0 Å². The van der Waals surface area contributed by atoms with Crippen molar-refractivity contribution in [2.75, 3.05) is 13.3 Å². The number of carbonyl (C=O) groups is 1. The van der Waals surface area contributed by atoms with Gasteiger partial charge in [-0.25, -0.2) is 9.38 Å². The third-order valence-corrected chi connectivity index (χ3v) is 2.67. The highest BCUT2D eigenvalue weighted by molar-refractivity contribution is 5.84. The zero-order valence-corrected chi connectivity index (χ0v) is 11.9. The van der Waals surface area contributed by atoms with Crippen LogP contribution in [-0.2, 0) is 11.3 Å². The van der Waals surface area contributed by atoms with Gasteiger partial charge in [-0.3, -0.25) is 4.79 Å². The maximum atomic E-state index is 12.0. The van der Waals surface area contributed by atoms with Crippen LogP contribution in [0.3, 0.4) is 0 Å². The summed E-state index contributed by atoms with van der Waals surface area (Å²) in [6.45, 7) is -0.206. The Morgan fingerprint density at radius 3 is 2.50 bits per heavy atom. The topological polar surface area (TPSA) is 111 Å². The van der Waals surface area contributed by atoms with Crippen LogP contribution in [0.2, 0.25) is 0 Å². The Labute approximate surface area is 127 Å². The molecular weight excluding hydrogens is 288 g/mol. The molecule has 0 bridgehead atoms. The molecule has 0 aliphatic carbocycles. The van der Waals surface area contributed by atoms with Gasteiger partial charge in [0.05, 0.1) is 6.54 Å². The van der Waals surface area contributed by atoms with Crippen LogP contribution in [0.1, 0.15) is 5.56 Å². The second-order valence-corrected chi connectivity index (χ2v) is 4.23. The smallest absolute Gasteiger partial charge is 0.290 e. The third kappa shape index (κ3) is 5.66. The van der Waals surface area contributed by atoms with Gasteiger partial charge >= 0.3 is 0 Å². The Hall–Kier alpha value is -2.83. The van der Waals surface area contributed by atoms with Gasteiger partial charge in [-0.2, -0.15) is 0 Å². The number of benzene rings is 2. The zero-order valence-electron chi connectivity index (χ0n) is 11.9. The fourth-order valence-electron chi connectivity index (χ4n) is 1.80. The molecule has 0 amide bonds. The lowest BCUT2D eigenvalue weighted by atomic mass is 10.1. The summed E-state index contributed by atoms with van der Waals surface area (Å²) in [5.74, 6) is 0.747. The molecule has 0 saturated heterocycles. The Morgan fingerprint density at radius 2 is 1.86 bits per heavy atom. The van der Waals surface area contributed by atoms with Gasteiger partial charge in [0.1, 0.15) is 19.0 Å². The number of fused-ring (bicyclic) bond motifs is 1. The van der Waals surface area contributed by atoms with E-state index >= 15 is 0 Å². The SMILES string of the molecule is NC(N)=NCc1ccc2cc(OCC[18F])ccc2c1.O=CO. The van der Waals surface area contributed by atoms with Crippen molar-refractivity contribution in [1.29, 1.82) is 0 Å². The summed E-state index contributed by atoms with van der Waals surface area (Å²) in [4.78, 5) is 12.3. The molecule has 0 spiro atoms. The number of guanidine groups is 1. The van der Waals surface area contributed by atoms with E-state index in [2.05, 4.69) is 4.99 Å². The third-order valence-electron chi connectivity index (χ3n) is 2.67. The van der Waals surface area contributed by atoms with Gasteiger partial charge in [0.2, 0.25) is 0 Å². The van der Waals surface area contributed by atoms with E-state index in [9.17, 15) is 4.39 Å². The van der Waals surface area contributed by atoms with Crippen LogP contribution >= 0.6 is 0 Å². The number of ether oxygens (including phenoxy) is 1. The highest BCUT2D eigenvalue weighted by Crippen LogP contribution is 2.22. The maximum absolute atomic E-state index is 12.0. The Morgan fingerprint density at radius 1 is 1.23 bits per heavy atom. The first-order valence-electron chi connectivity index (χ1n) is 6.45. The van der Waals surface area contributed by atoms with Crippen LogP contribution in [0.25, 0.3) is 10.8 Å². The Kier molecular flexibility index (Phi) is 7.18. The van der Waals surface area contributed by atoms with E-state index in [4.69, 9.17) is 26.1 Å². The first kappa shape index (κ1) is 17.2. The van der Waals surface area contributed by atoms with E-state index < -0.39 is 6.67 Å². The van der Waals surface area contributed by atoms with E-state index in [1.807, 2.05) is 36.4 Å². The molecule has 6 nitrogen and oxygen atoms in total. The van der Waals surface area contributed by atoms with Crippen molar-refractivity contribution in [3.63, 3.8) is 0 Å². The number of hydrogen-bond donors (Lipinski definition) is 3. The van der Waals surface area contributed by atoms with Crippen LogP contribution in [0.4, 0.5) is 4.39 Å². The average molecular weight is 306 g/mol. The van der Waals surface area contributed by atoms with Gasteiger partial charge in [-0.1, -0.05) is 18.2 Å². The predicted octanol–water partition coefficient (Wildman–Crippen LogP) is 1.66. The molecule has 22 heavy (non-hydrogen) atoms. The molecule has 0 aliphatic heterocycles. The summed E-state index contributed by atoms with van der Waals surface area (Å²) in [7, 11) is 0. The first-order valence-corrected chi connectivity index (χ1v) is 6.45. The Balaban J connectivity index is 0.000000745. The Bertz CT molecular complexity index is 643. The minimum Gasteiger partial charge on any atom is -0.491 e. The minimum atomic E-state index is -0.491. The molecule has 0 unspecified atom stereocenters. The molecule has 2 aromatic carbocycles. The summed E-state index contributed by atoms with van der Waals surface area (Å²) in [5.41, 5.74) is 11.6. The van der Waals surface area contributed by atoms with Gasteiger partial charge in [0.15, 0.2) is 5.96 Å². The fourth-order valence-corrected chi connectivity index (χ4v) is 1.80. The number of aliphatic imine (C=N–C) groups is 1. The van der Waals surface area contributed by atoms with Crippen LogP contribution in [-0.4, -0.2) is 30.8 Å². The molecule has 0 saturated carbocycles. The van der Waals surface area contributed by atoms with Crippen molar-refractivity contribution in [3.05, 3.63) is 42.0 Å². The van der Waals surface area contributed by atoms with Crippen molar-refractivity contribution in [2.45, 2.75) is 6.54 Å². The summed E-state index contributed by atoms with van der Waals surface area (Å²) in [5, 5.41) is 8.99. The van der Waals surface area contributed by atoms with Crippen molar-refractivity contribution >= 4 is 23.2 Å². The summed E-state index contributed by atoms with van der Waals surface area (Å²) >= 11 is 0. The second-order valence-electron chi connectivity index (χ2n) is 4.23. The lowest BCUT2D eigenvalue weighted by molar-refractivity contribution is -0.122. The number of rotatable bonds is 5. The van der Waals surface area contributed by atoms with Gasteiger partial charge in [0.25, 0.3) is 6.47 Å². The normalized spacial score (nSPS) is 9.50. The predicted molar refractivity (Wildman–Crippen MR) is 83.6 cm³/mol. The highest BCUT2D eigenvalue weighted by Gasteiger charge is 1.99. The van der Waals surface area contributed by atoms with Crippen LogP contribution in [0.5, 0.6) is 5.75 Å². The van der Waals surface area contributed by atoms with E-state index in [1.54, 1.807) is 0 Å². The lowest BCUT2D eigenvalue weighted by Crippen LogP contribution is -2.22. The summed E-state index contributed by atoms with van der Waals surface area (Å²) in [6.07, 6.45) is 0. The van der Waals surface area contributed by atoms with E-state index in [1.165, 1.54) is 0 Å². The largest absolute Gasteiger partial charge is 0.491 e. The van der Waals surface area contributed by atoms with Crippen LogP contribution < -0.4 is 16.2 Å².